The number of ether oxygens (including phenoxy) is 2. The van der Waals surface area contributed by atoms with Gasteiger partial charge < -0.3 is 20.5 Å². The summed E-state index contributed by atoms with van der Waals surface area (Å²) in [6, 6.07) is -0.588. The van der Waals surface area contributed by atoms with Crippen LogP contribution in [-0.2, 0) is 14.3 Å². The van der Waals surface area contributed by atoms with Crippen molar-refractivity contribution in [3.63, 3.8) is 0 Å². The number of methoxy groups -OCH3 is 1. The molecule has 88 valence electrons. The van der Waals surface area contributed by atoms with Gasteiger partial charge in [-0.25, -0.2) is 0 Å². The Hall–Kier alpha value is -0.650. The zero-order valence-electron chi connectivity index (χ0n) is 9.41. The van der Waals surface area contributed by atoms with E-state index >= 15 is 0 Å². The van der Waals surface area contributed by atoms with E-state index in [0.717, 1.165) is 12.8 Å². The molecule has 1 fully saturated rings. The molecule has 5 heteroatoms. The van der Waals surface area contributed by atoms with Crippen LogP contribution in [0.4, 0.5) is 0 Å². The normalized spacial score (nSPS) is 22.1. The Balaban J connectivity index is 2.41. The summed E-state index contributed by atoms with van der Waals surface area (Å²) < 4.78 is 10.1. The van der Waals surface area contributed by atoms with E-state index in [4.69, 9.17) is 15.2 Å². The van der Waals surface area contributed by atoms with Crippen LogP contribution in [0.15, 0.2) is 0 Å². The molecule has 1 aliphatic heterocycles. The van der Waals surface area contributed by atoms with E-state index in [1.165, 1.54) is 7.11 Å². The Morgan fingerprint density at radius 3 is 2.73 bits per heavy atom. The van der Waals surface area contributed by atoms with Crippen LogP contribution in [-0.4, -0.2) is 44.4 Å². The number of hydrogen-bond donors (Lipinski definition) is 2. The summed E-state index contributed by atoms with van der Waals surface area (Å²) in [6.45, 7) is 3.65. The summed E-state index contributed by atoms with van der Waals surface area (Å²) in [6.07, 6.45) is 1.66. The van der Waals surface area contributed by atoms with E-state index in [2.05, 4.69) is 5.32 Å². The zero-order chi connectivity index (χ0) is 11.3. The highest BCUT2D eigenvalue weighted by Crippen LogP contribution is 2.19. The van der Waals surface area contributed by atoms with Crippen molar-refractivity contribution in [1.29, 1.82) is 0 Å². The molecule has 5 nitrogen and oxygen atoms in total. The maximum absolute atomic E-state index is 11.6. The number of amides is 1. The predicted molar refractivity (Wildman–Crippen MR) is 56.5 cm³/mol. The van der Waals surface area contributed by atoms with Gasteiger partial charge in [0.2, 0.25) is 5.91 Å². The second-order valence-corrected chi connectivity index (χ2v) is 4.22. The van der Waals surface area contributed by atoms with Gasteiger partial charge in [0.1, 0.15) is 6.04 Å². The molecule has 0 aromatic carbocycles. The average Bonchev–Trinajstić information content (AvgIpc) is 2.18. The summed E-state index contributed by atoms with van der Waals surface area (Å²) in [5, 5.41) is 2.96. The minimum atomic E-state index is -0.588. The van der Waals surface area contributed by atoms with Gasteiger partial charge in [0, 0.05) is 25.9 Å². The number of nitrogens with two attached hydrogens (primary N) is 1. The Morgan fingerprint density at radius 2 is 2.20 bits per heavy atom. The smallest absolute Gasteiger partial charge is 0.239 e. The van der Waals surface area contributed by atoms with Crippen LogP contribution >= 0.6 is 0 Å². The van der Waals surface area contributed by atoms with Crippen LogP contribution in [0.2, 0.25) is 0 Å². The molecule has 1 atom stereocenters. The highest BCUT2D eigenvalue weighted by Gasteiger charge is 2.30. The first kappa shape index (κ1) is 12.4. The zero-order valence-corrected chi connectivity index (χ0v) is 9.41. The molecule has 0 bridgehead atoms. The third-order valence-corrected chi connectivity index (χ3v) is 2.70. The Kier molecular flexibility index (Phi) is 4.50. The number of nitrogens with one attached hydrogen (secondary N) is 1. The third kappa shape index (κ3) is 3.77. The van der Waals surface area contributed by atoms with Crippen molar-refractivity contribution >= 4 is 5.91 Å². The van der Waals surface area contributed by atoms with E-state index in [-0.39, 0.29) is 18.1 Å². The molecule has 1 saturated heterocycles. The maximum atomic E-state index is 11.6. The van der Waals surface area contributed by atoms with Crippen LogP contribution < -0.4 is 11.1 Å². The molecule has 1 aliphatic rings. The summed E-state index contributed by atoms with van der Waals surface area (Å²) in [7, 11) is 1.53. The molecule has 0 aromatic heterocycles. The van der Waals surface area contributed by atoms with Gasteiger partial charge in [-0.05, 0) is 19.8 Å². The van der Waals surface area contributed by atoms with Crippen molar-refractivity contribution in [2.45, 2.75) is 31.3 Å². The highest BCUT2D eigenvalue weighted by atomic mass is 16.5. The molecule has 1 rings (SSSR count). The van der Waals surface area contributed by atoms with Gasteiger partial charge >= 0.3 is 0 Å². The summed E-state index contributed by atoms with van der Waals surface area (Å²) in [4.78, 5) is 11.6. The molecule has 1 unspecified atom stereocenters. The van der Waals surface area contributed by atoms with E-state index in [0.29, 0.717) is 13.2 Å². The maximum Gasteiger partial charge on any atom is 0.239 e. The lowest BCUT2D eigenvalue weighted by atomic mass is 9.92. The van der Waals surface area contributed by atoms with Crippen LogP contribution in [0.5, 0.6) is 0 Å². The fraction of sp³-hybridized carbons (Fsp3) is 0.900. The first-order valence-electron chi connectivity index (χ1n) is 5.22. The van der Waals surface area contributed by atoms with Crippen molar-refractivity contribution in [1.82, 2.24) is 5.32 Å². The van der Waals surface area contributed by atoms with Gasteiger partial charge in [-0.15, -0.1) is 0 Å². The van der Waals surface area contributed by atoms with Crippen molar-refractivity contribution in [3.8, 4) is 0 Å². The predicted octanol–water partition coefficient (Wildman–Crippen LogP) is -0.355. The molecule has 0 aromatic rings. The largest absolute Gasteiger partial charge is 0.383 e. The fourth-order valence-electron chi connectivity index (χ4n) is 1.59. The molecule has 1 amide bonds. The molecule has 0 saturated carbocycles. The molecule has 0 aliphatic carbocycles. The van der Waals surface area contributed by atoms with E-state index in [1.807, 2.05) is 6.92 Å². The van der Waals surface area contributed by atoms with E-state index < -0.39 is 6.04 Å². The van der Waals surface area contributed by atoms with Crippen molar-refractivity contribution in [2.24, 2.45) is 5.73 Å². The van der Waals surface area contributed by atoms with Gasteiger partial charge in [0.05, 0.1) is 6.61 Å². The van der Waals surface area contributed by atoms with Crippen molar-refractivity contribution < 1.29 is 14.3 Å². The number of hydrogen-bond acceptors (Lipinski definition) is 4. The molecular weight excluding hydrogens is 196 g/mol. The Morgan fingerprint density at radius 1 is 1.60 bits per heavy atom. The number of carbonyl (C=O) groups is 1. The van der Waals surface area contributed by atoms with Crippen molar-refractivity contribution in [3.05, 3.63) is 0 Å². The molecule has 0 radical (unpaired) electrons. The van der Waals surface area contributed by atoms with Gasteiger partial charge in [0.15, 0.2) is 0 Å². The monoisotopic (exact) mass is 216 g/mol. The quantitative estimate of drug-likeness (QED) is 0.673. The molecule has 15 heavy (non-hydrogen) atoms. The summed E-state index contributed by atoms with van der Waals surface area (Å²) >= 11 is 0. The van der Waals surface area contributed by atoms with Gasteiger partial charge in [-0.3, -0.25) is 4.79 Å². The second-order valence-electron chi connectivity index (χ2n) is 4.22. The Labute approximate surface area is 90.3 Å². The highest BCUT2D eigenvalue weighted by molar-refractivity contribution is 5.82. The van der Waals surface area contributed by atoms with Gasteiger partial charge in [-0.2, -0.15) is 0 Å². The van der Waals surface area contributed by atoms with Gasteiger partial charge in [0.25, 0.3) is 0 Å². The lowest BCUT2D eigenvalue weighted by Crippen LogP contribution is -2.55. The lowest BCUT2D eigenvalue weighted by Gasteiger charge is -2.35. The van der Waals surface area contributed by atoms with E-state index in [1.54, 1.807) is 0 Å². The average molecular weight is 216 g/mol. The second kappa shape index (κ2) is 5.44. The minimum Gasteiger partial charge on any atom is -0.383 e. The first-order valence-corrected chi connectivity index (χ1v) is 5.22. The topological polar surface area (TPSA) is 73.6 Å². The molecular formula is C10H20N2O3. The lowest BCUT2D eigenvalue weighted by molar-refractivity contribution is -0.126. The van der Waals surface area contributed by atoms with Crippen LogP contribution in [0.25, 0.3) is 0 Å². The standard InChI is InChI=1S/C10H20N2O3/c1-10(3-5-15-6-4-10)12-9(13)8(11)7-14-2/h8H,3-7,11H2,1-2H3,(H,12,13). The fourth-order valence-corrected chi connectivity index (χ4v) is 1.59. The SMILES string of the molecule is COCC(N)C(=O)NC1(C)CCOCC1. The summed E-state index contributed by atoms with van der Waals surface area (Å²) in [5.41, 5.74) is 5.46. The minimum absolute atomic E-state index is 0.152. The van der Waals surface area contributed by atoms with Crippen molar-refractivity contribution in [2.75, 3.05) is 26.9 Å². The van der Waals surface area contributed by atoms with Crippen LogP contribution in [0, 0.1) is 0 Å². The number of rotatable bonds is 4. The number of carbonyl (C=O) groups excluding carboxylic acids is 1. The van der Waals surface area contributed by atoms with Crippen LogP contribution in [0.3, 0.4) is 0 Å². The van der Waals surface area contributed by atoms with E-state index in [9.17, 15) is 4.79 Å². The molecule has 3 N–H and O–H groups in total. The third-order valence-electron chi connectivity index (χ3n) is 2.70. The first-order chi connectivity index (χ1) is 7.07. The van der Waals surface area contributed by atoms with Crippen LogP contribution in [0.1, 0.15) is 19.8 Å². The van der Waals surface area contributed by atoms with Gasteiger partial charge in [-0.1, -0.05) is 0 Å². The Bertz CT molecular complexity index is 215. The molecule has 1 heterocycles. The summed E-state index contributed by atoms with van der Waals surface area (Å²) in [5.74, 6) is -0.152. The molecule has 0 spiro atoms.